The standard InChI is InChI=1S/C17H16N2O3/c1-19(2)10-16(20)18-11-7-8-13-12-5-3-4-6-14(12)17(21)22-15(13)9-11/h3-9H,10H2,1-2H3,(H,18,20). The van der Waals surface area contributed by atoms with Crippen molar-refractivity contribution in [2.75, 3.05) is 26.0 Å². The number of hydrogen-bond acceptors (Lipinski definition) is 4. The summed E-state index contributed by atoms with van der Waals surface area (Å²) in [5.74, 6) is -0.118. The molecule has 0 atom stereocenters. The number of carbonyl (C=O) groups is 1. The lowest BCUT2D eigenvalue weighted by molar-refractivity contribution is -0.116. The minimum Gasteiger partial charge on any atom is -0.422 e. The molecule has 1 aromatic heterocycles. The maximum absolute atomic E-state index is 12.0. The molecule has 1 heterocycles. The van der Waals surface area contributed by atoms with Crippen LogP contribution >= 0.6 is 0 Å². The van der Waals surface area contributed by atoms with Crippen molar-refractivity contribution in [2.24, 2.45) is 0 Å². The van der Waals surface area contributed by atoms with Gasteiger partial charge in [-0.2, -0.15) is 0 Å². The van der Waals surface area contributed by atoms with Crippen molar-refractivity contribution < 1.29 is 9.21 Å². The Morgan fingerprint density at radius 3 is 2.55 bits per heavy atom. The second kappa shape index (κ2) is 5.61. The van der Waals surface area contributed by atoms with Crippen molar-refractivity contribution >= 4 is 33.3 Å². The van der Waals surface area contributed by atoms with Gasteiger partial charge in [0.25, 0.3) is 0 Å². The maximum Gasteiger partial charge on any atom is 0.344 e. The number of fused-ring (bicyclic) bond motifs is 3. The first-order chi connectivity index (χ1) is 10.5. The summed E-state index contributed by atoms with van der Waals surface area (Å²) >= 11 is 0. The van der Waals surface area contributed by atoms with E-state index in [9.17, 15) is 9.59 Å². The van der Waals surface area contributed by atoms with Crippen LogP contribution in [0.4, 0.5) is 5.69 Å². The van der Waals surface area contributed by atoms with Gasteiger partial charge in [0.15, 0.2) is 0 Å². The van der Waals surface area contributed by atoms with Gasteiger partial charge in [-0.3, -0.25) is 4.79 Å². The van der Waals surface area contributed by atoms with E-state index in [1.165, 1.54) is 0 Å². The van der Waals surface area contributed by atoms with Gasteiger partial charge < -0.3 is 14.6 Å². The van der Waals surface area contributed by atoms with Crippen molar-refractivity contribution in [3.05, 3.63) is 52.9 Å². The van der Waals surface area contributed by atoms with Crippen molar-refractivity contribution in [1.82, 2.24) is 4.90 Å². The zero-order chi connectivity index (χ0) is 15.7. The molecule has 3 rings (SSSR count). The Kier molecular flexibility index (Phi) is 3.65. The number of anilines is 1. The first-order valence-corrected chi connectivity index (χ1v) is 6.95. The van der Waals surface area contributed by atoms with Crippen LogP contribution in [0.3, 0.4) is 0 Å². The molecule has 0 aliphatic carbocycles. The van der Waals surface area contributed by atoms with Gasteiger partial charge in [-0.1, -0.05) is 18.2 Å². The number of amides is 1. The average molecular weight is 296 g/mol. The van der Waals surface area contributed by atoms with Crippen LogP contribution in [0.2, 0.25) is 0 Å². The van der Waals surface area contributed by atoms with Crippen LogP contribution in [0, 0.1) is 0 Å². The Labute approximate surface area is 127 Å². The number of benzene rings is 2. The molecule has 112 valence electrons. The lowest BCUT2D eigenvalue weighted by atomic mass is 10.1. The van der Waals surface area contributed by atoms with E-state index in [4.69, 9.17) is 4.42 Å². The Hall–Kier alpha value is -2.66. The summed E-state index contributed by atoms with van der Waals surface area (Å²) in [6, 6.07) is 12.7. The normalized spacial score (nSPS) is 11.2. The largest absolute Gasteiger partial charge is 0.422 e. The molecule has 5 nitrogen and oxygen atoms in total. The monoisotopic (exact) mass is 296 g/mol. The van der Waals surface area contributed by atoms with Crippen molar-refractivity contribution in [3.63, 3.8) is 0 Å². The molecule has 0 radical (unpaired) electrons. The predicted octanol–water partition coefficient (Wildman–Crippen LogP) is 2.45. The van der Waals surface area contributed by atoms with Gasteiger partial charge in [0.2, 0.25) is 5.91 Å². The van der Waals surface area contributed by atoms with E-state index in [-0.39, 0.29) is 11.5 Å². The minimum absolute atomic E-state index is 0.118. The van der Waals surface area contributed by atoms with Gasteiger partial charge >= 0.3 is 5.63 Å². The summed E-state index contributed by atoms with van der Waals surface area (Å²) in [4.78, 5) is 25.6. The van der Waals surface area contributed by atoms with E-state index in [1.807, 2.05) is 38.4 Å². The van der Waals surface area contributed by atoms with Crippen LogP contribution in [-0.4, -0.2) is 31.4 Å². The van der Waals surface area contributed by atoms with Crippen molar-refractivity contribution in [3.8, 4) is 0 Å². The molecule has 1 N–H and O–H groups in total. The molecule has 3 aromatic rings. The molecule has 0 aliphatic rings. The smallest absolute Gasteiger partial charge is 0.344 e. The summed E-state index contributed by atoms with van der Waals surface area (Å²) in [5.41, 5.74) is 0.698. The first kappa shape index (κ1) is 14.3. The van der Waals surface area contributed by atoms with Crippen LogP contribution in [-0.2, 0) is 4.79 Å². The molecule has 0 saturated heterocycles. The highest BCUT2D eigenvalue weighted by Crippen LogP contribution is 2.25. The fraction of sp³-hybridized carbons (Fsp3) is 0.176. The number of likely N-dealkylation sites (N-methyl/N-ethyl adjacent to an activating group) is 1. The minimum atomic E-state index is -0.375. The molecule has 0 fully saturated rings. The van der Waals surface area contributed by atoms with Crippen LogP contribution in [0.1, 0.15) is 0 Å². The molecule has 0 spiro atoms. The van der Waals surface area contributed by atoms with E-state index in [2.05, 4.69) is 5.32 Å². The van der Waals surface area contributed by atoms with Gasteiger partial charge in [0.1, 0.15) is 5.58 Å². The molecule has 1 amide bonds. The number of nitrogens with zero attached hydrogens (tertiary/aromatic N) is 1. The van der Waals surface area contributed by atoms with Crippen molar-refractivity contribution in [1.29, 1.82) is 0 Å². The van der Waals surface area contributed by atoms with Crippen molar-refractivity contribution in [2.45, 2.75) is 0 Å². The fourth-order valence-corrected chi connectivity index (χ4v) is 2.45. The maximum atomic E-state index is 12.0. The number of carbonyl (C=O) groups excluding carboxylic acids is 1. The van der Waals surface area contributed by atoms with Gasteiger partial charge in [0, 0.05) is 17.1 Å². The summed E-state index contributed by atoms with van der Waals surface area (Å²) < 4.78 is 5.36. The topological polar surface area (TPSA) is 62.6 Å². The lowest BCUT2D eigenvalue weighted by Crippen LogP contribution is -2.27. The summed E-state index contributed by atoms with van der Waals surface area (Å²) in [7, 11) is 3.65. The van der Waals surface area contributed by atoms with Gasteiger partial charge in [-0.25, -0.2) is 4.79 Å². The number of nitrogens with one attached hydrogen (secondary N) is 1. The summed E-state index contributed by atoms with van der Waals surface area (Å²) in [6.07, 6.45) is 0. The molecular formula is C17H16N2O3. The Morgan fingerprint density at radius 1 is 1.09 bits per heavy atom. The number of hydrogen-bond donors (Lipinski definition) is 1. The van der Waals surface area contributed by atoms with Crippen LogP contribution in [0.5, 0.6) is 0 Å². The SMILES string of the molecule is CN(C)CC(=O)Nc1ccc2c(c1)oc(=O)c1ccccc12. The molecule has 5 heteroatoms. The van der Waals surface area contributed by atoms with Crippen LogP contribution in [0.25, 0.3) is 21.7 Å². The second-order valence-corrected chi connectivity index (χ2v) is 5.43. The quantitative estimate of drug-likeness (QED) is 0.595. The molecule has 0 saturated carbocycles. The zero-order valence-corrected chi connectivity index (χ0v) is 12.4. The lowest BCUT2D eigenvalue weighted by Gasteiger charge is -2.10. The van der Waals surface area contributed by atoms with E-state index in [1.54, 1.807) is 23.1 Å². The average Bonchev–Trinajstić information content (AvgIpc) is 2.46. The molecule has 0 aliphatic heterocycles. The van der Waals surface area contributed by atoms with E-state index >= 15 is 0 Å². The molecule has 0 bridgehead atoms. The van der Waals surface area contributed by atoms with Gasteiger partial charge in [-0.15, -0.1) is 0 Å². The Bertz CT molecular complexity index is 913. The predicted molar refractivity (Wildman–Crippen MR) is 87.2 cm³/mol. The van der Waals surface area contributed by atoms with Crippen LogP contribution < -0.4 is 10.9 Å². The van der Waals surface area contributed by atoms with Gasteiger partial charge in [-0.05, 0) is 37.7 Å². The fourth-order valence-electron chi connectivity index (χ4n) is 2.45. The van der Waals surface area contributed by atoms with Gasteiger partial charge in [0.05, 0.1) is 11.9 Å². The Balaban J connectivity index is 2.05. The van der Waals surface area contributed by atoms with E-state index in [0.29, 0.717) is 23.2 Å². The third-order valence-corrected chi connectivity index (χ3v) is 3.37. The third kappa shape index (κ3) is 2.71. The summed E-state index contributed by atoms with van der Waals surface area (Å²) in [5, 5.41) is 5.04. The van der Waals surface area contributed by atoms with Crippen LogP contribution in [0.15, 0.2) is 51.7 Å². The molecule has 22 heavy (non-hydrogen) atoms. The molecule has 2 aromatic carbocycles. The highest BCUT2D eigenvalue weighted by Gasteiger charge is 2.09. The second-order valence-electron chi connectivity index (χ2n) is 5.43. The molecular weight excluding hydrogens is 280 g/mol. The highest BCUT2D eigenvalue weighted by atomic mass is 16.4. The highest BCUT2D eigenvalue weighted by molar-refractivity contribution is 6.05. The first-order valence-electron chi connectivity index (χ1n) is 6.95. The number of rotatable bonds is 3. The zero-order valence-electron chi connectivity index (χ0n) is 12.4. The molecule has 0 unspecified atom stereocenters. The third-order valence-electron chi connectivity index (χ3n) is 3.37. The van der Waals surface area contributed by atoms with E-state index in [0.717, 1.165) is 10.8 Å². The summed E-state index contributed by atoms with van der Waals surface area (Å²) in [6.45, 7) is 0.291. The van der Waals surface area contributed by atoms with E-state index < -0.39 is 0 Å². The Morgan fingerprint density at radius 2 is 1.82 bits per heavy atom.